The van der Waals surface area contributed by atoms with Gasteiger partial charge in [-0.2, -0.15) is 5.10 Å². The van der Waals surface area contributed by atoms with E-state index in [9.17, 15) is 9.59 Å². The number of likely N-dealkylation sites (N-methyl/N-ethyl adjacent to an activating group) is 1. The number of nitrogens with one attached hydrogen (secondary N) is 2. The van der Waals surface area contributed by atoms with Gasteiger partial charge in [0.1, 0.15) is 5.82 Å². The molecule has 0 radical (unpaired) electrons. The molecule has 25 heavy (non-hydrogen) atoms. The highest BCUT2D eigenvalue weighted by molar-refractivity contribution is 6.39. The third-order valence-electron chi connectivity index (χ3n) is 4.49. The van der Waals surface area contributed by atoms with E-state index in [2.05, 4.69) is 32.8 Å². The number of likely N-dealkylation sites (tertiary alicyclic amines) is 1. The molecule has 1 aromatic heterocycles. The standard InChI is InChI=1S/C18H23N5O2/c1-13-10-20-23(16(13)21-18(25)17(24)19-2)15-8-9-22(12-15)11-14-6-4-3-5-7-14/h3-7,10,15H,8-9,11-12H2,1-2H3,(H,19,24)(H,21,25)/t15-/m1/s1. The molecule has 1 aliphatic heterocycles. The molecular weight excluding hydrogens is 318 g/mol. The van der Waals surface area contributed by atoms with E-state index >= 15 is 0 Å². The second-order valence-electron chi connectivity index (χ2n) is 6.32. The third-order valence-corrected chi connectivity index (χ3v) is 4.49. The fourth-order valence-electron chi connectivity index (χ4n) is 3.16. The van der Waals surface area contributed by atoms with Crippen LogP contribution in [0.1, 0.15) is 23.6 Å². The Morgan fingerprint density at radius 2 is 2.00 bits per heavy atom. The molecular formula is C18H23N5O2. The molecule has 132 valence electrons. The van der Waals surface area contributed by atoms with E-state index in [1.54, 1.807) is 6.20 Å². The minimum absolute atomic E-state index is 0.178. The zero-order chi connectivity index (χ0) is 17.8. The van der Waals surface area contributed by atoms with Crippen molar-refractivity contribution in [2.75, 3.05) is 25.5 Å². The molecule has 0 aliphatic carbocycles. The van der Waals surface area contributed by atoms with E-state index in [1.807, 2.05) is 29.8 Å². The highest BCUT2D eigenvalue weighted by Crippen LogP contribution is 2.27. The third kappa shape index (κ3) is 3.88. The first-order valence-electron chi connectivity index (χ1n) is 8.42. The summed E-state index contributed by atoms with van der Waals surface area (Å²) in [5, 5.41) is 9.43. The molecule has 7 nitrogen and oxygen atoms in total. The van der Waals surface area contributed by atoms with Crippen molar-refractivity contribution in [3.8, 4) is 0 Å². The summed E-state index contributed by atoms with van der Waals surface area (Å²) >= 11 is 0. The van der Waals surface area contributed by atoms with Gasteiger partial charge in [-0.25, -0.2) is 4.68 Å². The van der Waals surface area contributed by atoms with Gasteiger partial charge < -0.3 is 10.6 Å². The Kier molecular flexibility index (Phi) is 5.14. The summed E-state index contributed by atoms with van der Waals surface area (Å²) in [7, 11) is 1.44. The second kappa shape index (κ2) is 7.48. The Balaban J connectivity index is 1.69. The highest BCUT2D eigenvalue weighted by atomic mass is 16.2. The van der Waals surface area contributed by atoms with E-state index in [0.29, 0.717) is 5.82 Å². The monoisotopic (exact) mass is 341 g/mol. The number of carbonyl (C=O) groups is 2. The van der Waals surface area contributed by atoms with E-state index < -0.39 is 11.8 Å². The van der Waals surface area contributed by atoms with Crippen LogP contribution in [0.4, 0.5) is 5.82 Å². The summed E-state index contributed by atoms with van der Waals surface area (Å²) in [6.07, 6.45) is 2.68. The number of aryl methyl sites for hydroxylation is 1. The van der Waals surface area contributed by atoms with Crippen molar-refractivity contribution >= 4 is 17.6 Å². The number of nitrogens with zero attached hydrogens (tertiary/aromatic N) is 3. The largest absolute Gasteiger partial charge is 0.351 e. The molecule has 0 bridgehead atoms. The molecule has 1 fully saturated rings. The minimum Gasteiger partial charge on any atom is -0.351 e. The van der Waals surface area contributed by atoms with Crippen LogP contribution in [0.2, 0.25) is 0 Å². The Hall–Kier alpha value is -2.67. The van der Waals surface area contributed by atoms with E-state index in [0.717, 1.165) is 31.6 Å². The summed E-state index contributed by atoms with van der Waals surface area (Å²) in [4.78, 5) is 25.7. The van der Waals surface area contributed by atoms with Crippen LogP contribution in [0.5, 0.6) is 0 Å². The van der Waals surface area contributed by atoms with Crippen molar-refractivity contribution < 1.29 is 9.59 Å². The maximum Gasteiger partial charge on any atom is 0.314 e. The van der Waals surface area contributed by atoms with Crippen LogP contribution in [-0.4, -0.2) is 46.6 Å². The summed E-state index contributed by atoms with van der Waals surface area (Å²) in [6.45, 7) is 4.61. The lowest BCUT2D eigenvalue weighted by molar-refractivity contribution is -0.135. The van der Waals surface area contributed by atoms with Gasteiger partial charge in [0.25, 0.3) is 0 Å². The van der Waals surface area contributed by atoms with Crippen molar-refractivity contribution in [2.24, 2.45) is 0 Å². The number of aromatic nitrogens is 2. The maximum atomic E-state index is 11.9. The van der Waals surface area contributed by atoms with Gasteiger partial charge in [-0.1, -0.05) is 30.3 Å². The zero-order valence-corrected chi connectivity index (χ0v) is 14.5. The van der Waals surface area contributed by atoms with E-state index in [1.165, 1.54) is 12.6 Å². The number of carbonyl (C=O) groups excluding carboxylic acids is 2. The topological polar surface area (TPSA) is 79.3 Å². The van der Waals surface area contributed by atoms with Gasteiger partial charge >= 0.3 is 11.8 Å². The average molecular weight is 341 g/mol. The number of rotatable bonds is 4. The predicted molar refractivity (Wildman–Crippen MR) is 95.0 cm³/mol. The summed E-state index contributed by atoms with van der Waals surface area (Å²) in [5.41, 5.74) is 2.13. The summed E-state index contributed by atoms with van der Waals surface area (Å²) in [6, 6.07) is 10.5. The lowest BCUT2D eigenvalue weighted by Gasteiger charge is -2.18. The average Bonchev–Trinajstić information content (AvgIpc) is 3.22. The van der Waals surface area contributed by atoms with Gasteiger partial charge in [-0.15, -0.1) is 0 Å². The number of hydrogen-bond donors (Lipinski definition) is 2. The van der Waals surface area contributed by atoms with Crippen LogP contribution in [-0.2, 0) is 16.1 Å². The first-order valence-corrected chi connectivity index (χ1v) is 8.42. The Morgan fingerprint density at radius 1 is 1.24 bits per heavy atom. The molecule has 1 aromatic carbocycles. The van der Waals surface area contributed by atoms with Gasteiger partial charge in [0.2, 0.25) is 0 Å². The fourth-order valence-corrected chi connectivity index (χ4v) is 3.16. The van der Waals surface area contributed by atoms with Crippen LogP contribution in [0.15, 0.2) is 36.5 Å². The predicted octanol–water partition coefficient (Wildman–Crippen LogP) is 1.32. The summed E-state index contributed by atoms with van der Waals surface area (Å²) in [5.74, 6) is -0.740. The molecule has 0 spiro atoms. The molecule has 3 rings (SSSR count). The van der Waals surface area contributed by atoms with Crippen molar-refractivity contribution in [2.45, 2.75) is 25.9 Å². The molecule has 0 saturated carbocycles. The lowest BCUT2D eigenvalue weighted by atomic mass is 10.2. The molecule has 1 aliphatic rings. The number of anilines is 1. The normalized spacial score (nSPS) is 17.4. The minimum atomic E-state index is -0.675. The smallest absolute Gasteiger partial charge is 0.314 e. The molecule has 2 heterocycles. The number of hydrogen-bond acceptors (Lipinski definition) is 4. The van der Waals surface area contributed by atoms with Gasteiger partial charge in [0.05, 0.1) is 12.2 Å². The fraction of sp³-hybridized carbons (Fsp3) is 0.389. The number of amides is 2. The molecule has 1 saturated heterocycles. The molecule has 2 amide bonds. The number of benzene rings is 1. The van der Waals surface area contributed by atoms with E-state index in [4.69, 9.17) is 0 Å². The molecule has 2 aromatic rings. The van der Waals surface area contributed by atoms with Crippen LogP contribution < -0.4 is 10.6 Å². The van der Waals surface area contributed by atoms with Crippen molar-refractivity contribution in [1.82, 2.24) is 20.0 Å². The summed E-state index contributed by atoms with van der Waals surface area (Å²) < 4.78 is 1.83. The van der Waals surface area contributed by atoms with Gasteiger partial charge in [0.15, 0.2) is 0 Å². The Bertz CT molecular complexity index is 756. The van der Waals surface area contributed by atoms with Crippen LogP contribution in [0.3, 0.4) is 0 Å². The maximum absolute atomic E-state index is 11.9. The zero-order valence-electron chi connectivity index (χ0n) is 14.5. The van der Waals surface area contributed by atoms with Crippen LogP contribution in [0.25, 0.3) is 0 Å². The van der Waals surface area contributed by atoms with Crippen LogP contribution in [0, 0.1) is 6.92 Å². The van der Waals surface area contributed by atoms with Crippen molar-refractivity contribution in [1.29, 1.82) is 0 Å². The van der Waals surface area contributed by atoms with Gasteiger partial charge in [0, 0.05) is 32.2 Å². The molecule has 2 N–H and O–H groups in total. The van der Waals surface area contributed by atoms with Crippen molar-refractivity contribution in [3.63, 3.8) is 0 Å². The Morgan fingerprint density at radius 3 is 2.72 bits per heavy atom. The first-order chi connectivity index (χ1) is 12.1. The first kappa shape index (κ1) is 17.2. The lowest BCUT2D eigenvalue weighted by Crippen LogP contribution is -2.34. The van der Waals surface area contributed by atoms with E-state index in [-0.39, 0.29) is 6.04 Å². The highest BCUT2D eigenvalue weighted by Gasteiger charge is 2.27. The molecule has 1 atom stereocenters. The quantitative estimate of drug-likeness (QED) is 0.822. The van der Waals surface area contributed by atoms with Crippen molar-refractivity contribution in [3.05, 3.63) is 47.7 Å². The second-order valence-corrected chi connectivity index (χ2v) is 6.32. The van der Waals surface area contributed by atoms with Gasteiger partial charge in [-0.3, -0.25) is 14.5 Å². The molecule has 0 unspecified atom stereocenters. The van der Waals surface area contributed by atoms with Crippen LogP contribution >= 0.6 is 0 Å². The van der Waals surface area contributed by atoms with Gasteiger partial charge in [-0.05, 0) is 18.9 Å². The molecule has 7 heteroatoms. The Labute approximate surface area is 147 Å². The SMILES string of the molecule is CNC(=O)C(=O)Nc1c(C)cnn1[C@@H]1CCN(Cc2ccccc2)C1.